The van der Waals surface area contributed by atoms with Gasteiger partial charge in [-0.15, -0.1) is 0 Å². The summed E-state index contributed by atoms with van der Waals surface area (Å²) in [6.45, 7) is 5.36. The molecule has 0 aliphatic carbocycles. The molecule has 2 aliphatic rings. The van der Waals surface area contributed by atoms with Gasteiger partial charge in [-0.25, -0.2) is 13.8 Å². The summed E-state index contributed by atoms with van der Waals surface area (Å²) in [5.74, 6) is 0.565. The zero-order valence-electron chi connectivity index (χ0n) is 20.3. The number of likely N-dealkylation sites (tertiary alicyclic amines) is 1. The molecular weight excluding hydrogens is 470 g/mol. The number of aromatic nitrogens is 4. The minimum Gasteiger partial charge on any atom is -0.378 e. The molecule has 2 aliphatic heterocycles. The van der Waals surface area contributed by atoms with Crippen molar-refractivity contribution in [3.05, 3.63) is 36.2 Å². The standard InChI is InChI=1S/C24H30F2N8O2/c1-15(23(35)33-8-7-16(14-33)27-2)28-24-30-19(32-9-11-36-12-10-32)13-20(31-24)34-18-6-4-3-5-17(18)29-22(34)21(25)26/h3-6,13,15-16,21,27H,7-12,14H2,1-2H3,(H,28,30,31)/t15-,16-/m0/s1. The van der Waals surface area contributed by atoms with Crippen molar-refractivity contribution in [3.63, 3.8) is 0 Å². The Morgan fingerprint density at radius 2 is 1.86 bits per heavy atom. The van der Waals surface area contributed by atoms with Crippen molar-refractivity contribution < 1.29 is 18.3 Å². The second kappa shape index (κ2) is 10.3. The molecule has 2 fully saturated rings. The number of para-hydroxylation sites is 2. The van der Waals surface area contributed by atoms with Gasteiger partial charge in [0.15, 0.2) is 5.82 Å². The Bertz CT molecular complexity index is 1230. The number of fused-ring (bicyclic) bond motifs is 1. The van der Waals surface area contributed by atoms with Gasteiger partial charge in [0.2, 0.25) is 11.9 Å². The normalized spacial score (nSPS) is 19.3. The van der Waals surface area contributed by atoms with Crippen LogP contribution in [0.5, 0.6) is 0 Å². The highest BCUT2D eigenvalue weighted by atomic mass is 19.3. The van der Waals surface area contributed by atoms with Crippen LogP contribution in [0.4, 0.5) is 20.5 Å². The van der Waals surface area contributed by atoms with Crippen molar-refractivity contribution in [2.45, 2.75) is 31.9 Å². The molecule has 0 unspecified atom stereocenters. The number of benzene rings is 1. The molecule has 0 radical (unpaired) electrons. The van der Waals surface area contributed by atoms with Crippen molar-refractivity contribution >= 4 is 28.7 Å². The summed E-state index contributed by atoms with van der Waals surface area (Å²) in [5.41, 5.74) is 0.968. The molecule has 2 aromatic heterocycles. The fourth-order valence-corrected chi connectivity index (χ4v) is 4.71. The highest BCUT2D eigenvalue weighted by Gasteiger charge is 2.29. The van der Waals surface area contributed by atoms with Crippen molar-refractivity contribution in [3.8, 4) is 5.82 Å². The van der Waals surface area contributed by atoms with Crippen LogP contribution in [0.3, 0.4) is 0 Å². The molecule has 1 aromatic carbocycles. The second-order valence-corrected chi connectivity index (χ2v) is 9.03. The van der Waals surface area contributed by atoms with E-state index in [0.29, 0.717) is 56.2 Å². The monoisotopic (exact) mass is 500 g/mol. The van der Waals surface area contributed by atoms with E-state index in [1.165, 1.54) is 4.57 Å². The number of hydrogen-bond donors (Lipinski definition) is 2. The van der Waals surface area contributed by atoms with Crippen LogP contribution in [0.2, 0.25) is 0 Å². The van der Waals surface area contributed by atoms with Gasteiger partial charge >= 0.3 is 0 Å². The molecule has 0 saturated carbocycles. The van der Waals surface area contributed by atoms with E-state index in [1.807, 2.05) is 16.8 Å². The highest BCUT2D eigenvalue weighted by molar-refractivity contribution is 5.84. The Balaban J connectivity index is 1.52. The average Bonchev–Trinajstić information content (AvgIpc) is 3.54. The predicted molar refractivity (Wildman–Crippen MR) is 132 cm³/mol. The number of imidazole rings is 1. The Morgan fingerprint density at radius 1 is 1.11 bits per heavy atom. The minimum absolute atomic E-state index is 0.0592. The first-order valence-electron chi connectivity index (χ1n) is 12.1. The molecule has 10 nitrogen and oxygen atoms in total. The summed E-state index contributed by atoms with van der Waals surface area (Å²) in [5, 5.41) is 6.33. The van der Waals surface area contributed by atoms with Gasteiger partial charge in [-0.1, -0.05) is 12.1 Å². The molecule has 0 spiro atoms. The number of carbonyl (C=O) groups is 1. The van der Waals surface area contributed by atoms with Gasteiger partial charge in [0, 0.05) is 38.3 Å². The third-order valence-electron chi connectivity index (χ3n) is 6.67. The lowest BCUT2D eigenvalue weighted by Gasteiger charge is -2.29. The number of amides is 1. The fraction of sp³-hybridized carbons (Fsp3) is 0.500. The van der Waals surface area contributed by atoms with Crippen LogP contribution < -0.4 is 15.5 Å². The van der Waals surface area contributed by atoms with E-state index in [1.54, 1.807) is 37.3 Å². The number of nitrogens with one attached hydrogen (secondary N) is 2. The minimum atomic E-state index is -2.80. The molecule has 0 bridgehead atoms. The lowest BCUT2D eigenvalue weighted by atomic mass is 10.3. The quantitative estimate of drug-likeness (QED) is 0.510. The molecule has 4 heterocycles. The third-order valence-corrected chi connectivity index (χ3v) is 6.67. The van der Waals surface area contributed by atoms with Gasteiger partial charge in [-0.05, 0) is 32.5 Å². The Hall–Kier alpha value is -3.38. The van der Waals surface area contributed by atoms with E-state index < -0.39 is 18.3 Å². The maximum absolute atomic E-state index is 14.0. The molecule has 12 heteroatoms. The summed E-state index contributed by atoms with van der Waals surface area (Å²) < 4.78 is 34.9. The number of hydrogen-bond acceptors (Lipinski definition) is 8. The van der Waals surface area contributed by atoms with E-state index in [9.17, 15) is 13.6 Å². The van der Waals surface area contributed by atoms with E-state index in [0.717, 1.165) is 6.42 Å². The number of carbonyl (C=O) groups excluding carboxylic acids is 1. The molecule has 5 rings (SSSR count). The number of halogens is 2. The highest BCUT2D eigenvalue weighted by Crippen LogP contribution is 2.29. The third kappa shape index (κ3) is 4.82. The van der Waals surface area contributed by atoms with E-state index in [-0.39, 0.29) is 23.7 Å². The lowest BCUT2D eigenvalue weighted by molar-refractivity contribution is -0.130. The summed E-state index contributed by atoms with van der Waals surface area (Å²) in [6.07, 6.45) is -1.90. The van der Waals surface area contributed by atoms with Crippen molar-refractivity contribution in [2.75, 3.05) is 56.7 Å². The number of morpholine rings is 1. The van der Waals surface area contributed by atoms with Crippen LogP contribution in [-0.4, -0.2) is 88.9 Å². The van der Waals surface area contributed by atoms with Crippen molar-refractivity contribution in [1.29, 1.82) is 0 Å². The number of rotatable bonds is 7. The summed E-state index contributed by atoms with van der Waals surface area (Å²) in [6, 6.07) is 8.31. The number of likely N-dealkylation sites (N-methyl/N-ethyl adjacent to an activating group) is 1. The molecule has 2 saturated heterocycles. The molecule has 36 heavy (non-hydrogen) atoms. The predicted octanol–water partition coefficient (Wildman–Crippen LogP) is 2.21. The maximum Gasteiger partial charge on any atom is 0.296 e. The summed E-state index contributed by atoms with van der Waals surface area (Å²) >= 11 is 0. The fourth-order valence-electron chi connectivity index (χ4n) is 4.71. The average molecular weight is 501 g/mol. The van der Waals surface area contributed by atoms with Crippen LogP contribution >= 0.6 is 0 Å². The zero-order chi connectivity index (χ0) is 25.2. The first-order chi connectivity index (χ1) is 17.4. The van der Waals surface area contributed by atoms with Crippen LogP contribution in [0.25, 0.3) is 16.9 Å². The Morgan fingerprint density at radius 3 is 2.58 bits per heavy atom. The smallest absolute Gasteiger partial charge is 0.296 e. The SMILES string of the molecule is CN[C@H]1CCN(C(=O)[C@H](C)Nc2nc(N3CCOCC3)cc(-n3c(C(F)F)nc4ccccc43)n2)C1. The van der Waals surface area contributed by atoms with Gasteiger partial charge in [0.05, 0.1) is 24.2 Å². The van der Waals surface area contributed by atoms with Gasteiger partial charge in [-0.3, -0.25) is 9.36 Å². The van der Waals surface area contributed by atoms with Gasteiger partial charge < -0.3 is 25.2 Å². The van der Waals surface area contributed by atoms with E-state index >= 15 is 0 Å². The maximum atomic E-state index is 14.0. The Labute approximate surface area is 207 Å². The van der Waals surface area contributed by atoms with Gasteiger partial charge in [0.25, 0.3) is 6.43 Å². The number of nitrogens with zero attached hydrogens (tertiary/aromatic N) is 6. The van der Waals surface area contributed by atoms with E-state index in [2.05, 4.69) is 25.6 Å². The number of anilines is 2. The van der Waals surface area contributed by atoms with Crippen LogP contribution in [0.15, 0.2) is 30.3 Å². The van der Waals surface area contributed by atoms with Gasteiger partial charge in [0.1, 0.15) is 17.7 Å². The summed E-state index contributed by atoms with van der Waals surface area (Å²) in [4.78, 5) is 30.3. The van der Waals surface area contributed by atoms with Crippen LogP contribution in [0, 0.1) is 0 Å². The summed E-state index contributed by atoms with van der Waals surface area (Å²) in [7, 11) is 1.89. The lowest BCUT2D eigenvalue weighted by Crippen LogP contribution is -2.42. The number of alkyl halides is 2. The van der Waals surface area contributed by atoms with Crippen molar-refractivity contribution in [1.82, 2.24) is 29.7 Å². The molecule has 2 N–H and O–H groups in total. The first-order valence-corrected chi connectivity index (χ1v) is 12.1. The molecule has 1 amide bonds. The van der Waals surface area contributed by atoms with Crippen molar-refractivity contribution in [2.24, 2.45) is 0 Å². The topological polar surface area (TPSA) is 100 Å². The Kier molecular flexibility index (Phi) is 6.97. The molecule has 3 aromatic rings. The number of ether oxygens (including phenoxy) is 1. The molecule has 192 valence electrons. The molecular formula is C24H30F2N8O2. The zero-order valence-corrected chi connectivity index (χ0v) is 20.3. The first kappa shape index (κ1) is 24.3. The second-order valence-electron chi connectivity index (χ2n) is 9.03. The largest absolute Gasteiger partial charge is 0.378 e. The van der Waals surface area contributed by atoms with Crippen LogP contribution in [-0.2, 0) is 9.53 Å². The van der Waals surface area contributed by atoms with E-state index in [4.69, 9.17) is 4.74 Å². The van der Waals surface area contributed by atoms with Gasteiger partial charge in [-0.2, -0.15) is 9.97 Å². The molecule has 2 atom stereocenters. The van der Waals surface area contributed by atoms with Crippen LogP contribution in [0.1, 0.15) is 25.6 Å².